The molecule has 0 bridgehead atoms. The van der Waals surface area contributed by atoms with Gasteiger partial charge in [-0.2, -0.15) is 11.8 Å². The highest BCUT2D eigenvalue weighted by molar-refractivity contribution is 7.98. The number of benzene rings is 1. The summed E-state index contributed by atoms with van der Waals surface area (Å²) >= 11 is 1.82. The molecular weight excluding hydrogens is 270 g/mol. The topological polar surface area (TPSA) is 41.5 Å². The van der Waals surface area contributed by atoms with Crippen molar-refractivity contribution in [1.29, 1.82) is 0 Å². The molecule has 0 aliphatic carbocycles. The first-order chi connectivity index (χ1) is 9.55. The minimum atomic E-state index is -0.480. The van der Waals surface area contributed by atoms with E-state index in [1.807, 2.05) is 37.7 Å². The van der Waals surface area contributed by atoms with Gasteiger partial charge < -0.3 is 15.2 Å². The Morgan fingerprint density at radius 1 is 1.25 bits per heavy atom. The highest BCUT2D eigenvalue weighted by Crippen LogP contribution is 2.16. The first-order valence-electron chi connectivity index (χ1n) is 7.16. The molecule has 0 heterocycles. The molecule has 2 atom stereocenters. The van der Waals surface area contributed by atoms with E-state index in [1.54, 1.807) is 0 Å². The van der Waals surface area contributed by atoms with Crippen molar-refractivity contribution in [1.82, 2.24) is 5.32 Å². The average molecular weight is 297 g/mol. The fourth-order valence-corrected chi connectivity index (χ4v) is 2.85. The molecule has 20 heavy (non-hydrogen) atoms. The summed E-state index contributed by atoms with van der Waals surface area (Å²) in [6.45, 7) is 7.15. The number of hydrogen-bond donors (Lipinski definition) is 2. The summed E-state index contributed by atoms with van der Waals surface area (Å²) < 4.78 is 5.66. The van der Waals surface area contributed by atoms with Gasteiger partial charge in [0.2, 0.25) is 0 Å². The zero-order valence-electron chi connectivity index (χ0n) is 13.0. The fourth-order valence-electron chi connectivity index (χ4n) is 2.09. The number of nitrogens with one attached hydrogen (secondary N) is 1. The lowest BCUT2D eigenvalue weighted by Gasteiger charge is -2.19. The van der Waals surface area contributed by atoms with Gasteiger partial charge in [0, 0.05) is 18.3 Å². The fraction of sp³-hybridized carbons (Fsp3) is 0.625. The largest absolute Gasteiger partial charge is 0.491 e. The lowest BCUT2D eigenvalue weighted by Crippen LogP contribution is -2.39. The van der Waals surface area contributed by atoms with E-state index in [0.717, 1.165) is 17.9 Å². The number of rotatable bonds is 9. The molecule has 0 aliphatic rings. The number of thioether (sulfide) groups is 1. The Hall–Kier alpha value is -0.710. The molecule has 0 aromatic heterocycles. The van der Waals surface area contributed by atoms with Gasteiger partial charge in [0.15, 0.2) is 0 Å². The molecule has 2 unspecified atom stereocenters. The Bertz CT molecular complexity index is 378. The van der Waals surface area contributed by atoms with Crippen LogP contribution < -0.4 is 10.1 Å². The zero-order valence-corrected chi connectivity index (χ0v) is 13.8. The highest BCUT2D eigenvalue weighted by Gasteiger charge is 2.10. The second kappa shape index (κ2) is 9.27. The summed E-state index contributed by atoms with van der Waals surface area (Å²) in [5.41, 5.74) is 2.36. The van der Waals surface area contributed by atoms with Crippen molar-refractivity contribution in [3.05, 3.63) is 29.3 Å². The van der Waals surface area contributed by atoms with E-state index in [-0.39, 0.29) is 0 Å². The maximum atomic E-state index is 9.97. The number of ether oxygens (including phenoxy) is 1. The third-order valence-corrected chi connectivity index (χ3v) is 3.88. The number of aliphatic hydroxyl groups excluding tert-OH is 1. The van der Waals surface area contributed by atoms with Crippen molar-refractivity contribution in [2.75, 3.05) is 25.2 Å². The summed E-state index contributed by atoms with van der Waals surface area (Å²) in [4.78, 5) is 0. The second-order valence-electron chi connectivity index (χ2n) is 5.26. The van der Waals surface area contributed by atoms with Gasteiger partial charge in [0.25, 0.3) is 0 Å². The van der Waals surface area contributed by atoms with Crippen molar-refractivity contribution in [3.8, 4) is 5.75 Å². The van der Waals surface area contributed by atoms with Crippen molar-refractivity contribution < 1.29 is 9.84 Å². The molecule has 0 amide bonds. The monoisotopic (exact) mass is 297 g/mol. The lowest BCUT2D eigenvalue weighted by molar-refractivity contribution is 0.104. The Labute approximate surface area is 127 Å². The summed E-state index contributed by atoms with van der Waals surface area (Å²) in [6, 6.07) is 6.56. The van der Waals surface area contributed by atoms with E-state index < -0.39 is 6.10 Å². The van der Waals surface area contributed by atoms with Crippen LogP contribution in [0.15, 0.2) is 18.2 Å². The van der Waals surface area contributed by atoms with Crippen LogP contribution in [0.25, 0.3) is 0 Å². The molecule has 4 heteroatoms. The predicted octanol–water partition coefficient (Wildman–Crippen LogP) is 2.77. The Morgan fingerprint density at radius 3 is 2.45 bits per heavy atom. The molecular formula is C16H27NO2S. The smallest absolute Gasteiger partial charge is 0.119 e. The molecule has 2 N–H and O–H groups in total. The minimum Gasteiger partial charge on any atom is -0.491 e. The maximum absolute atomic E-state index is 9.97. The van der Waals surface area contributed by atoms with Gasteiger partial charge in [-0.1, -0.05) is 13.0 Å². The van der Waals surface area contributed by atoms with Crippen LogP contribution >= 0.6 is 11.8 Å². The van der Waals surface area contributed by atoms with Crippen LogP contribution in [0, 0.1) is 13.8 Å². The van der Waals surface area contributed by atoms with E-state index in [1.165, 1.54) is 11.1 Å². The molecule has 1 aromatic rings. The van der Waals surface area contributed by atoms with Gasteiger partial charge in [-0.3, -0.25) is 0 Å². The standard InChI is InChI=1S/C16H27NO2S/c1-5-14(11-20-4)17-9-15(18)10-19-16-7-12(2)6-13(3)8-16/h6-8,14-15,17-18H,5,9-11H2,1-4H3. The number of aryl methyl sites for hydroxylation is 2. The van der Waals surface area contributed by atoms with Crippen molar-refractivity contribution in [2.45, 2.75) is 39.3 Å². The number of aliphatic hydroxyl groups is 1. The van der Waals surface area contributed by atoms with Gasteiger partial charge in [0.05, 0.1) is 0 Å². The Balaban J connectivity index is 2.33. The molecule has 114 valence electrons. The minimum absolute atomic E-state index is 0.325. The van der Waals surface area contributed by atoms with E-state index in [4.69, 9.17) is 4.74 Å². The van der Waals surface area contributed by atoms with Crippen molar-refractivity contribution in [2.24, 2.45) is 0 Å². The molecule has 1 aromatic carbocycles. The van der Waals surface area contributed by atoms with Crippen LogP contribution in [0.5, 0.6) is 5.75 Å². The SMILES string of the molecule is CCC(CSC)NCC(O)COc1cc(C)cc(C)c1. The zero-order chi connectivity index (χ0) is 15.0. The maximum Gasteiger partial charge on any atom is 0.119 e. The first kappa shape index (κ1) is 17.3. The van der Waals surface area contributed by atoms with Crippen LogP contribution in [0.1, 0.15) is 24.5 Å². The van der Waals surface area contributed by atoms with Crippen molar-refractivity contribution in [3.63, 3.8) is 0 Å². The summed E-state index contributed by atoms with van der Waals surface area (Å²) in [6.07, 6.45) is 2.70. The summed E-state index contributed by atoms with van der Waals surface area (Å²) in [7, 11) is 0. The third kappa shape index (κ3) is 6.64. The molecule has 0 saturated heterocycles. The van der Waals surface area contributed by atoms with Crippen LogP contribution in [-0.2, 0) is 0 Å². The lowest BCUT2D eigenvalue weighted by atomic mass is 10.1. The van der Waals surface area contributed by atoms with Crippen LogP contribution in [-0.4, -0.2) is 42.4 Å². The summed E-state index contributed by atoms with van der Waals surface area (Å²) in [5, 5.41) is 13.3. The van der Waals surface area contributed by atoms with Crippen LogP contribution in [0.4, 0.5) is 0 Å². The van der Waals surface area contributed by atoms with E-state index in [0.29, 0.717) is 19.2 Å². The van der Waals surface area contributed by atoms with Gasteiger partial charge in [-0.05, 0) is 49.8 Å². The second-order valence-corrected chi connectivity index (χ2v) is 6.17. The third-order valence-electron chi connectivity index (χ3n) is 3.14. The molecule has 0 aliphatic heterocycles. The van der Waals surface area contributed by atoms with E-state index in [9.17, 15) is 5.11 Å². The first-order valence-corrected chi connectivity index (χ1v) is 8.56. The predicted molar refractivity (Wildman–Crippen MR) is 87.9 cm³/mol. The Kier molecular flexibility index (Phi) is 8.04. The van der Waals surface area contributed by atoms with Gasteiger partial charge in [-0.15, -0.1) is 0 Å². The van der Waals surface area contributed by atoms with Gasteiger partial charge in [-0.25, -0.2) is 0 Å². The van der Waals surface area contributed by atoms with Gasteiger partial charge in [0.1, 0.15) is 18.5 Å². The molecule has 0 radical (unpaired) electrons. The average Bonchev–Trinajstić information content (AvgIpc) is 2.40. The molecule has 3 nitrogen and oxygen atoms in total. The van der Waals surface area contributed by atoms with Gasteiger partial charge >= 0.3 is 0 Å². The number of hydrogen-bond acceptors (Lipinski definition) is 4. The quantitative estimate of drug-likeness (QED) is 0.735. The molecule has 1 rings (SSSR count). The highest BCUT2D eigenvalue weighted by atomic mass is 32.2. The molecule has 0 spiro atoms. The molecule has 0 fully saturated rings. The van der Waals surface area contributed by atoms with Crippen LogP contribution in [0.2, 0.25) is 0 Å². The normalized spacial score (nSPS) is 14.1. The van der Waals surface area contributed by atoms with E-state index >= 15 is 0 Å². The van der Waals surface area contributed by atoms with E-state index in [2.05, 4.69) is 24.6 Å². The summed E-state index contributed by atoms with van der Waals surface area (Å²) in [5.74, 6) is 1.90. The Morgan fingerprint density at radius 2 is 1.90 bits per heavy atom. The van der Waals surface area contributed by atoms with Crippen molar-refractivity contribution >= 4 is 11.8 Å². The molecule has 0 saturated carbocycles. The van der Waals surface area contributed by atoms with Crippen LogP contribution in [0.3, 0.4) is 0 Å².